The van der Waals surface area contributed by atoms with Crippen LogP contribution in [-0.4, -0.2) is 17.0 Å². The van der Waals surface area contributed by atoms with Crippen LogP contribution in [0.5, 0.6) is 0 Å². The van der Waals surface area contributed by atoms with Gasteiger partial charge in [-0.05, 0) is 42.5 Å². The van der Waals surface area contributed by atoms with Gasteiger partial charge < -0.3 is 16.2 Å². The number of nitrogen functional groups attached to an aromatic ring is 1. The Morgan fingerprint density at radius 1 is 1.10 bits per heavy atom. The van der Waals surface area contributed by atoms with E-state index >= 15 is 0 Å². The Morgan fingerprint density at radius 3 is 2.24 bits per heavy atom. The zero-order chi connectivity index (χ0) is 15.4. The molecule has 0 aromatic heterocycles. The second-order valence-corrected chi connectivity index (χ2v) is 5.51. The predicted octanol–water partition coefficient (Wildman–Crippen LogP) is 3.08. The molecule has 2 aromatic carbocycles. The smallest absolute Gasteiger partial charge is 0.337 e. The molecule has 0 atom stereocenters. The number of carbonyl (C=O) groups excluding carboxylic acids is 1. The molecule has 5 nitrogen and oxygen atoms in total. The number of rotatable bonds is 4. The van der Waals surface area contributed by atoms with E-state index in [2.05, 4.69) is 5.32 Å². The summed E-state index contributed by atoms with van der Waals surface area (Å²) in [6.07, 6.45) is 0. The topological polar surface area (TPSA) is 92.4 Å². The van der Waals surface area contributed by atoms with Crippen LogP contribution < -0.4 is 11.1 Å². The molecule has 0 radical (unpaired) electrons. The summed E-state index contributed by atoms with van der Waals surface area (Å²) >= 11 is 1.46. The van der Waals surface area contributed by atoms with Crippen LogP contribution in [0.2, 0.25) is 0 Å². The lowest BCUT2D eigenvalue weighted by atomic mass is 10.2. The van der Waals surface area contributed by atoms with E-state index in [1.54, 1.807) is 24.3 Å². The average molecular weight is 302 g/mol. The van der Waals surface area contributed by atoms with Crippen LogP contribution in [0.25, 0.3) is 0 Å². The summed E-state index contributed by atoms with van der Waals surface area (Å²) in [6.45, 7) is 1.45. The van der Waals surface area contributed by atoms with Crippen molar-refractivity contribution in [2.75, 3.05) is 11.1 Å². The van der Waals surface area contributed by atoms with E-state index in [1.165, 1.54) is 24.8 Å². The molecule has 6 heteroatoms. The maximum atomic E-state index is 10.9. The standard InChI is InChI=1S/C15H14N2O3S/c1-9(18)17-10-2-4-11(5-3-10)21-12-6-7-13(15(19)20)14(16)8-12/h2-8H,16H2,1H3,(H,17,18)(H,19,20). The number of aromatic carboxylic acids is 1. The molecule has 21 heavy (non-hydrogen) atoms. The van der Waals surface area contributed by atoms with Crippen LogP contribution >= 0.6 is 11.8 Å². The summed E-state index contributed by atoms with van der Waals surface area (Å²) in [5.74, 6) is -1.16. The number of carboxylic acid groups (broad SMARTS) is 1. The molecule has 2 aromatic rings. The van der Waals surface area contributed by atoms with Crippen molar-refractivity contribution in [3.8, 4) is 0 Å². The molecular formula is C15H14N2O3S. The first-order valence-corrected chi connectivity index (χ1v) is 6.95. The Kier molecular flexibility index (Phi) is 4.49. The van der Waals surface area contributed by atoms with Crippen molar-refractivity contribution in [1.29, 1.82) is 0 Å². The van der Waals surface area contributed by atoms with Gasteiger partial charge in [0.15, 0.2) is 0 Å². The summed E-state index contributed by atoms with van der Waals surface area (Å²) < 4.78 is 0. The van der Waals surface area contributed by atoms with Gasteiger partial charge >= 0.3 is 5.97 Å². The van der Waals surface area contributed by atoms with Crippen molar-refractivity contribution in [3.05, 3.63) is 48.0 Å². The van der Waals surface area contributed by atoms with E-state index in [0.29, 0.717) is 0 Å². The number of amides is 1. The zero-order valence-corrected chi connectivity index (χ0v) is 12.1. The minimum atomic E-state index is -1.04. The largest absolute Gasteiger partial charge is 0.478 e. The van der Waals surface area contributed by atoms with Crippen molar-refractivity contribution in [1.82, 2.24) is 0 Å². The highest BCUT2D eigenvalue weighted by Gasteiger charge is 2.08. The molecule has 0 aliphatic rings. The quantitative estimate of drug-likeness (QED) is 0.755. The van der Waals surface area contributed by atoms with Gasteiger partial charge in [0.05, 0.1) is 5.56 Å². The number of anilines is 2. The van der Waals surface area contributed by atoms with E-state index in [-0.39, 0.29) is 17.2 Å². The van der Waals surface area contributed by atoms with Crippen molar-refractivity contribution in [3.63, 3.8) is 0 Å². The molecule has 108 valence electrons. The monoisotopic (exact) mass is 302 g/mol. The Balaban J connectivity index is 2.13. The SMILES string of the molecule is CC(=O)Nc1ccc(Sc2ccc(C(=O)O)c(N)c2)cc1. The van der Waals surface area contributed by atoms with Crippen LogP contribution in [0.15, 0.2) is 52.3 Å². The summed E-state index contributed by atoms with van der Waals surface area (Å²) in [5, 5.41) is 11.6. The zero-order valence-electron chi connectivity index (χ0n) is 11.3. The third-order valence-corrected chi connectivity index (χ3v) is 3.66. The van der Waals surface area contributed by atoms with E-state index in [0.717, 1.165) is 15.5 Å². The first-order valence-electron chi connectivity index (χ1n) is 6.14. The first kappa shape index (κ1) is 14.9. The first-order chi connectivity index (χ1) is 9.95. The molecule has 0 bridgehead atoms. The normalized spacial score (nSPS) is 10.1. The van der Waals surface area contributed by atoms with Gasteiger partial charge in [0, 0.05) is 28.1 Å². The van der Waals surface area contributed by atoms with Gasteiger partial charge in [0.25, 0.3) is 0 Å². The van der Waals surface area contributed by atoms with Crippen molar-refractivity contribution in [2.45, 2.75) is 16.7 Å². The Hall–Kier alpha value is -2.47. The van der Waals surface area contributed by atoms with Gasteiger partial charge in [0.1, 0.15) is 0 Å². The fraction of sp³-hybridized carbons (Fsp3) is 0.0667. The van der Waals surface area contributed by atoms with Gasteiger partial charge in [-0.25, -0.2) is 4.79 Å². The minimum Gasteiger partial charge on any atom is -0.478 e. The molecule has 0 aliphatic carbocycles. The van der Waals surface area contributed by atoms with Crippen molar-refractivity contribution >= 4 is 35.0 Å². The Labute approximate surface area is 126 Å². The number of carboxylic acids is 1. The third kappa shape index (κ3) is 4.00. The second-order valence-electron chi connectivity index (χ2n) is 4.36. The molecule has 4 N–H and O–H groups in total. The molecule has 0 saturated carbocycles. The maximum absolute atomic E-state index is 10.9. The number of nitrogens with two attached hydrogens (primary N) is 1. The van der Waals surface area contributed by atoms with Gasteiger partial charge in [-0.2, -0.15) is 0 Å². The van der Waals surface area contributed by atoms with Gasteiger partial charge in [-0.15, -0.1) is 0 Å². The molecule has 0 aliphatic heterocycles. The van der Waals surface area contributed by atoms with Crippen LogP contribution in [0.1, 0.15) is 17.3 Å². The predicted molar refractivity (Wildman–Crippen MR) is 82.7 cm³/mol. The second kappa shape index (κ2) is 6.32. The van der Waals surface area contributed by atoms with Crippen LogP contribution in [-0.2, 0) is 4.79 Å². The summed E-state index contributed by atoms with van der Waals surface area (Å²) in [6, 6.07) is 12.2. The fourth-order valence-corrected chi connectivity index (χ4v) is 2.61. The fourth-order valence-electron chi connectivity index (χ4n) is 1.74. The average Bonchev–Trinajstić information content (AvgIpc) is 2.40. The number of carbonyl (C=O) groups is 2. The van der Waals surface area contributed by atoms with Gasteiger partial charge in [0.2, 0.25) is 5.91 Å². The summed E-state index contributed by atoms with van der Waals surface area (Å²) in [5.41, 5.74) is 6.78. The van der Waals surface area contributed by atoms with E-state index in [4.69, 9.17) is 10.8 Å². The lowest BCUT2D eigenvalue weighted by molar-refractivity contribution is -0.114. The van der Waals surface area contributed by atoms with Crippen LogP contribution in [0.3, 0.4) is 0 Å². The number of nitrogens with one attached hydrogen (secondary N) is 1. The summed E-state index contributed by atoms with van der Waals surface area (Å²) in [7, 11) is 0. The summed E-state index contributed by atoms with van der Waals surface area (Å²) in [4.78, 5) is 23.6. The highest BCUT2D eigenvalue weighted by molar-refractivity contribution is 7.99. The Morgan fingerprint density at radius 2 is 1.71 bits per heavy atom. The third-order valence-electron chi connectivity index (χ3n) is 2.66. The molecule has 2 rings (SSSR count). The molecule has 0 spiro atoms. The lowest BCUT2D eigenvalue weighted by Gasteiger charge is -2.06. The van der Waals surface area contributed by atoms with E-state index in [1.807, 2.05) is 12.1 Å². The molecule has 0 fully saturated rings. The molecular weight excluding hydrogens is 288 g/mol. The van der Waals surface area contributed by atoms with Crippen molar-refractivity contribution < 1.29 is 14.7 Å². The van der Waals surface area contributed by atoms with E-state index in [9.17, 15) is 9.59 Å². The van der Waals surface area contributed by atoms with Gasteiger partial charge in [-0.3, -0.25) is 4.79 Å². The van der Waals surface area contributed by atoms with E-state index < -0.39 is 5.97 Å². The van der Waals surface area contributed by atoms with Crippen molar-refractivity contribution in [2.24, 2.45) is 0 Å². The molecule has 1 amide bonds. The van der Waals surface area contributed by atoms with Gasteiger partial charge in [-0.1, -0.05) is 11.8 Å². The molecule has 0 heterocycles. The highest BCUT2D eigenvalue weighted by atomic mass is 32.2. The van der Waals surface area contributed by atoms with Crippen LogP contribution in [0, 0.1) is 0 Å². The van der Waals surface area contributed by atoms with Crippen LogP contribution in [0.4, 0.5) is 11.4 Å². The highest BCUT2D eigenvalue weighted by Crippen LogP contribution is 2.30. The minimum absolute atomic E-state index is 0.0976. The Bertz CT molecular complexity index is 684. The molecule has 0 unspecified atom stereocenters. The number of hydrogen-bond acceptors (Lipinski definition) is 4. The number of hydrogen-bond donors (Lipinski definition) is 3. The maximum Gasteiger partial charge on any atom is 0.337 e. The lowest BCUT2D eigenvalue weighted by Crippen LogP contribution is -2.05. The number of benzene rings is 2. The molecule has 0 saturated heterocycles.